The lowest BCUT2D eigenvalue weighted by molar-refractivity contribution is -0.124. The number of aryl methyl sites for hydroxylation is 1. The number of benzene rings is 2. The van der Waals surface area contributed by atoms with Crippen LogP contribution < -0.4 is 15.5 Å². The largest absolute Gasteiger partial charge is 0.349 e. The Bertz CT molecular complexity index is 876. The minimum atomic E-state index is -0.478. The first kappa shape index (κ1) is 20.7. The summed E-state index contributed by atoms with van der Waals surface area (Å²) in [6, 6.07) is 18.7. The average Bonchev–Trinajstić information content (AvgIpc) is 3.09. The topological polar surface area (TPSA) is 47.6 Å². The van der Waals surface area contributed by atoms with Gasteiger partial charge in [0.05, 0.1) is 6.67 Å². The molecule has 0 bridgehead atoms. The average molecular weight is 423 g/mol. The summed E-state index contributed by atoms with van der Waals surface area (Å²) in [5.74, 6) is 0.132. The molecular weight excluding hydrogens is 392 g/mol. The Morgan fingerprint density at radius 3 is 2.47 bits per heavy atom. The van der Waals surface area contributed by atoms with Gasteiger partial charge in [0.15, 0.2) is 5.11 Å². The predicted molar refractivity (Wildman–Crippen MR) is 127 cm³/mol. The van der Waals surface area contributed by atoms with Crippen LogP contribution in [0.4, 0.5) is 11.4 Å². The molecule has 0 aliphatic carbocycles. The fraction of sp³-hybridized carbons (Fsp3) is 0.417. The SMILES string of the molecule is CCCCc1ccc(NC(=S)N2CCC3(CC2)C(=O)NCN3c2ccccc2)cc1. The zero-order valence-electron chi connectivity index (χ0n) is 17.6. The lowest BCUT2D eigenvalue weighted by Crippen LogP contribution is -2.57. The van der Waals surface area contributed by atoms with Gasteiger partial charge in [-0.15, -0.1) is 0 Å². The number of piperidine rings is 1. The number of nitrogens with zero attached hydrogens (tertiary/aromatic N) is 2. The van der Waals surface area contributed by atoms with E-state index in [2.05, 4.69) is 63.8 Å². The standard InChI is InChI=1S/C24H30N4OS/c1-2-3-7-19-10-12-20(13-11-19)26-23(30)27-16-14-24(15-17-27)22(29)25-18-28(24)21-8-5-4-6-9-21/h4-6,8-13H,2-3,7,14-18H2,1H3,(H,25,29)(H,26,30). The second-order valence-corrected chi connectivity index (χ2v) is 8.56. The van der Waals surface area contributed by atoms with Gasteiger partial charge in [-0.25, -0.2) is 0 Å². The first-order chi connectivity index (χ1) is 14.6. The number of amides is 1. The van der Waals surface area contributed by atoms with Crippen molar-refractivity contribution in [3.8, 4) is 0 Å². The highest BCUT2D eigenvalue weighted by Gasteiger charge is 2.50. The maximum Gasteiger partial charge on any atom is 0.247 e. The number of carbonyl (C=O) groups excluding carboxylic acids is 1. The maximum absolute atomic E-state index is 12.8. The van der Waals surface area contributed by atoms with Gasteiger partial charge in [0.25, 0.3) is 0 Å². The van der Waals surface area contributed by atoms with Crippen LogP contribution in [0.1, 0.15) is 38.2 Å². The van der Waals surface area contributed by atoms with Crippen molar-refractivity contribution in [3.05, 3.63) is 60.2 Å². The molecule has 6 heteroatoms. The van der Waals surface area contributed by atoms with Crippen LogP contribution in [0.5, 0.6) is 0 Å². The summed E-state index contributed by atoms with van der Waals surface area (Å²) in [4.78, 5) is 17.2. The Hall–Kier alpha value is -2.60. The van der Waals surface area contributed by atoms with E-state index in [1.165, 1.54) is 18.4 Å². The van der Waals surface area contributed by atoms with Crippen molar-refractivity contribution in [2.24, 2.45) is 0 Å². The third kappa shape index (κ3) is 4.15. The van der Waals surface area contributed by atoms with Crippen LogP contribution in [0.25, 0.3) is 0 Å². The summed E-state index contributed by atoms with van der Waals surface area (Å²) in [5.41, 5.74) is 2.99. The molecule has 5 nitrogen and oxygen atoms in total. The molecule has 2 aliphatic heterocycles. The van der Waals surface area contributed by atoms with Crippen molar-refractivity contribution in [2.45, 2.75) is 44.6 Å². The smallest absolute Gasteiger partial charge is 0.247 e. The number of hydrogen-bond donors (Lipinski definition) is 2. The van der Waals surface area contributed by atoms with Gasteiger partial charge in [-0.05, 0) is 67.7 Å². The molecule has 0 unspecified atom stereocenters. The molecule has 2 N–H and O–H groups in total. The Kier molecular flexibility index (Phi) is 6.23. The number of unbranched alkanes of at least 4 members (excludes halogenated alkanes) is 1. The van der Waals surface area contributed by atoms with Gasteiger partial charge in [0.1, 0.15) is 5.54 Å². The van der Waals surface area contributed by atoms with Crippen molar-refractivity contribution in [2.75, 3.05) is 30.0 Å². The summed E-state index contributed by atoms with van der Waals surface area (Å²) in [6.07, 6.45) is 5.06. The quantitative estimate of drug-likeness (QED) is 0.709. The third-order valence-electron chi connectivity index (χ3n) is 6.31. The van der Waals surface area contributed by atoms with Crippen LogP contribution in [0, 0.1) is 0 Å². The maximum atomic E-state index is 12.8. The first-order valence-corrected chi connectivity index (χ1v) is 11.3. The highest BCUT2D eigenvalue weighted by molar-refractivity contribution is 7.80. The molecule has 2 fully saturated rings. The second kappa shape index (κ2) is 9.04. The summed E-state index contributed by atoms with van der Waals surface area (Å²) < 4.78 is 0. The molecule has 0 aromatic heterocycles. The van der Waals surface area contributed by atoms with Gasteiger partial charge < -0.3 is 20.4 Å². The summed E-state index contributed by atoms with van der Waals surface area (Å²) in [6.45, 7) is 4.30. The lowest BCUT2D eigenvalue weighted by atomic mass is 9.86. The monoisotopic (exact) mass is 422 g/mol. The van der Waals surface area contributed by atoms with E-state index in [1.807, 2.05) is 18.2 Å². The number of rotatable bonds is 5. The Morgan fingerprint density at radius 1 is 1.10 bits per heavy atom. The number of thiocarbonyl (C=S) groups is 1. The van der Waals surface area contributed by atoms with Crippen molar-refractivity contribution >= 4 is 34.6 Å². The van der Waals surface area contributed by atoms with Crippen LogP contribution in [0.15, 0.2) is 54.6 Å². The summed E-state index contributed by atoms with van der Waals surface area (Å²) in [7, 11) is 0. The number of carbonyl (C=O) groups is 1. The van der Waals surface area contributed by atoms with Gasteiger partial charge >= 0.3 is 0 Å². The third-order valence-corrected chi connectivity index (χ3v) is 6.67. The Morgan fingerprint density at radius 2 is 1.80 bits per heavy atom. The molecule has 0 saturated carbocycles. The number of nitrogens with one attached hydrogen (secondary N) is 2. The molecule has 2 aromatic carbocycles. The molecular formula is C24H30N4OS. The van der Waals surface area contributed by atoms with Gasteiger partial charge in [-0.2, -0.15) is 0 Å². The molecule has 158 valence electrons. The number of hydrogen-bond acceptors (Lipinski definition) is 3. The Balaban J connectivity index is 1.37. The molecule has 30 heavy (non-hydrogen) atoms. The first-order valence-electron chi connectivity index (χ1n) is 10.9. The predicted octanol–water partition coefficient (Wildman–Crippen LogP) is 4.15. The fourth-order valence-electron chi connectivity index (χ4n) is 4.45. The highest BCUT2D eigenvalue weighted by Crippen LogP contribution is 2.36. The zero-order chi connectivity index (χ0) is 21.0. The molecule has 2 aliphatic rings. The highest BCUT2D eigenvalue weighted by atomic mass is 32.1. The van der Waals surface area contributed by atoms with Crippen LogP contribution in [0.2, 0.25) is 0 Å². The minimum absolute atomic E-state index is 0.132. The van der Waals surface area contributed by atoms with Crippen LogP contribution in [0.3, 0.4) is 0 Å². The number of anilines is 2. The van der Waals surface area contributed by atoms with Crippen molar-refractivity contribution in [1.82, 2.24) is 10.2 Å². The van der Waals surface area contributed by atoms with Crippen LogP contribution >= 0.6 is 12.2 Å². The molecule has 4 rings (SSSR count). The number of likely N-dealkylation sites (tertiary alicyclic amines) is 1. The molecule has 2 heterocycles. The van der Waals surface area contributed by atoms with Gasteiger partial charge in [-0.3, -0.25) is 4.79 Å². The van der Waals surface area contributed by atoms with Gasteiger partial charge in [0, 0.05) is 24.5 Å². The van der Waals surface area contributed by atoms with Crippen molar-refractivity contribution in [1.29, 1.82) is 0 Å². The summed E-state index contributed by atoms with van der Waals surface area (Å²) >= 11 is 5.67. The molecule has 0 radical (unpaired) electrons. The van der Waals surface area contributed by atoms with E-state index in [9.17, 15) is 4.79 Å². The normalized spacial score (nSPS) is 17.8. The minimum Gasteiger partial charge on any atom is -0.349 e. The van der Waals surface area contributed by atoms with Crippen molar-refractivity contribution < 1.29 is 4.79 Å². The lowest BCUT2D eigenvalue weighted by Gasteiger charge is -2.44. The van der Waals surface area contributed by atoms with Gasteiger partial charge in [0.2, 0.25) is 5.91 Å². The van der Waals surface area contributed by atoms with Crippen LogP contribution in [-0.2, 0) is 11.2 Å². The van der Waals surface area contributed by atoms with E-state index in [1.54, 1.807) is 0 Å². The summed E-state index contributed by atoms with van der Waals surface area (Å²) in [5, 5.41) is 7.16. The molecule has 1 spiro atoms. The molecule has 1 amide bonds. The van der Waals surface area contributed by atoms with Crippen molar-refractivity contribution in [3.63, 3.8) is 0 Å². The van der Waals surface area contributed by atoms with E-state index in [0.717, 1.165) is 48.8 Å². The zero-order valence-corrected chi connectivity index (χ0v) is 18.4. The van der Waals surface area contributed by atoms with E-state index in [0.29, 0.717) is 6.67 Å². The van der Waals surface area contributed by atoms with E-state index < -0.39 is 5.54 Å². The Labute approximate surface area is 184 Å². The molecule has 2 saturated heterocycles. The van der Waals surface area contributed by atoms with Crippen LogP contribution in [-0.4, -0.2) is 41.2 Å². The fourth-order valence-corrected chi connectivity index (χ4v) is 4.75. The van der Waals surface area contributed by atoms with E-state index in [4.69, 9.17) is 12.2 Å². The van der Waals surface area contributed by atoms with E-state index >= 15 is 0 Å². The molecule has 2 aromatic rings. The second-order valence-electron chi connectivity index (χ2n) is 8.18. The number of para-hydroxylation sites is 1. The van der Waals surface area contributed by atoms with E-state index in [-0.39, 0.29) is 5.91 Å². The van der Waals surface area contributed by atoms with Gasteiger partial charge in [-0.1, -0.05) is 43.7 Å². The molecule has 0 atom stereocenters.